The molecule has 0 radical (unpaired) electrons. The third kappa shape index (κ3) is 4.81. The van der Waals surface area contributed by atoms with Crippen LogP contribution in [0.15, 0.2) is 18.2 Å². The van der Waals surface area contributed by atoms with E-state index in [1.165, 1.54) is 11.3 Å². The zero-order valence-electron chi connectivity index (χ0n) is 18.3. The molecule has 1 aromatic carbocycles. The third-order valence-electron chi connectivity index (χ3n) is 5.62. The minimum Gasteiger partial charge on any atom is -0.493 e. The van der Waals surface area contributed by atoms with Crippen LogP contribution in [-0.2, 0) is 9.59 Å². The standard InChI is InChI=1S/C22H28N4O4S/c1-12(2)30-18-9-15(7-8-17(18)29-4)16-10-19(27)26(11-16)13(3)20(28)23-22-25-24-21(31-22)14-5-6-14/h7-9,12-14,16H,5-6,10-11H2,1-4H3,(H,23,25,28). The number of methoxy groups -OCH3 is 1. The molecule has 8 nitrogen and oxygen atoms in total. The van der Waals surface area contributed by atoms with Gasteiger partial charge in [-0.15, -0.1) is 10.2 Å². The summed E-state index contributed by atoms with van der Waals surface area (Å²) < 4.78 is 11.3. The molecule has 1 aliphatic carbocycles. The summed E-state index contributed by atoms with van der Waals surface area (Å²) in [6.45, 7) is 6.14. The lowest BCUT2D eigenvalue weighted by Crippen LogP contribution is -2.42. The molecule has 1 saturated heterocycles. The summed E-state index contributed by atoms with van der Waals surface area (Å²) in [6, 6.07) is 5.17. The molecule has 2 aliphatic rings. The quantitative estimate of drug-likeness (QED) is 0.669. The predicted molar refractivity (Wildman–Crippen MR) is 118 cm³/mol. The lowest BCUT2D eigenvalue weighted by Gasteiger charge is -2.23. The van der Waals surface area contributed by atoms with Gasteiger partial charge in [0.15, 0.2) is 11.5 Å². The van der Waals surface area contributed by atoms with Gasteiger partial charge >= 0.3 is 0 Å². The second-order valence-corrected chi connectivity index (χ2v) is 9.42. The molecule has 2 heterocycles. The van der Waals surface area contributed by atoms with Gasteiger partial charge in [-0.05, 0) is 51.3 Å². The molecule has 1 saturated carbocycles. The van der Waals surface area contributed by atoms with Gasteiger partial charge in [0.05, 0.1) is 13.2 Å². The molecular formula is C22H28N4O4S. The van der Waals surface area contributed by atoms with Crippen LogP contribution in [0.1, 0.15) is 62.4 Å². The number of carbonyl (C=O) groups excluding carboxylic acids is 2. The first-order valence-corrected chi connectivity index (χ1v) is 11.5. The summed E-state index contributed by atoms with van der Waals surface area (Å²) in [5.41, 5.74) is 0.998. The van der Waals surface area contributed by atoms with Gasteiger partial charge in [0.1, 0.15) is 11.0 Å². The number of amides is 2. The average molecular weight is 445 g/mol. The summed E-state index contributed by atoms with van der Waals surface area (Å²) in [5.74, 6) is 1.53. The Morgan fingerprint density at radius 2 is 1.97 bits per heavy atom. The van der Waals surface area contributed by atoms with Gasteiger partial charge in [-0.25, -0.2) is 0 Å². The van der Waals surface area contributed by atoms with Crippen LogP contribution in [0.2, 0.25) is 0 Å². The first kappa shape index (κ1) is 21.5. The largest absolute Gasteiger partial charge is 0.493 e. The Hall–Kier alpha value is -2.68. The van der Waals surface area contributed by atoms with Crippen LogP contribution >= 0.6 is 11.3 Å². The maximum Gasteiger partial charge on any atom is 0.248 e. The highest BCUT2D eigenvalue weighted by Crippen LogP contribution is 2.42. The van der Waals surface area contributed by atoms with Gasteiger partial charge < -0.3 is 14.4 Å². The molecule has 31 heavy (non-hydrogen) atoms. The maximum absolute atomic E-state index is 12.7. The van der Waals surface area contributed by atoms with Crippen molar-refractivity contribution in [2.45, 2.75) is 64.0 Å². The molecule has 0 spiro atoms. The molecule has 1 aromatic heterocycles. The van der Waals surface area contributed by atoms with Crippen molar-refractivity contribution in [2.24, 2.45) is 0 Å². The van der Waals surface area contributed by atoms with E-state index in [0.29, 0.717) is 35.5 Å². The molecule has 166 valence electrons. The van der Waals surface area contributed by atoms with Crippen molar-refractivity contribution in [2.75, 3.05) is 19.0 Å². The summed E-state index contributed by atoms with van der Waals surface area (Å²) in [6.07, 6.45) is 2.64. The van der Waals surface area contributed by atoms with Crippen molar-refractivity contribution in [1.29, 1.82) is 0 Å². The average Bonchev–Trinajstić information content (AvgIpc) is 3.36. The van der Waals surface area contributed by atoms with Gasteiger partial charge in [-0.1, -0.05) is 17.4 Å². The highest BCUT2D eigenvalue weighted by atomic mass is 32.1. The van der Waals surface area contributed by atoms with Crippen molar-refractivity contribution >= 4 is 28.3 Å². The number of benzene rings is 1. The van der Waals surface area contributed by atoms with Gasteiger partial charge in [-0.2, -0.15) is 0 Å². The molecule has 2 atom stereocenters. The fourth-order valence-corrected chi connectivity index (χ4v) is 4.67. The van der Waals surface area contributed by atoms with Crippen molar-refractivity contribution in [1.82, 2.24) is 15.1 Å². The SMILES string of the molecule is COc1ccc(C2CC(=O)N(C(C)C(=O)Nc3nnc(C4CC4)s3)C2)cc1OC(C)C. The number of ether oxygens (including phenoxy) is 2. The number of aromatic nitrogens is 2. The fraction of sp³-hybridized carbons (Fsp3) is 0.545. The van der Waals surface area contributed by atoms with Crippen LogP contribution in [0, 0.1) is 0 Å². The lowest BCUT2D eigenvalue weighted by molar-refractivity contribution is -0.134. The highest BCUT2D eigenvalue weighted by Gasteiger charge is 2.37. The van der Waals surface area contributed by atoms with E-state index in [1.54, 1.807) is 18.9 Å². The zero-order valence-corrected chi connectivity index (χ0v) is 19.1. The number of likely N-dealkylation sites (tertiary alicyclic amines) is 1. The topological polar surface area (TPSA) is 93.7 Å². The van der Waals surface area contributed by atoms with Gasteiger partial charge in [-0.3, -0.25) is 14.9 Å². The molecule has 2 aromatic rings. The van der Waals surface area contributed by atoms with Gasteiger partial charge in [0.25, 0.3) is 0 Å². The highest BCUT2D eigenvalue weighted by molar-refractivity contribution is 7.15. The Morgan fingerprint density at radius 1 is 1.19 bits per heavy atom. The Labute approximate surface area is 185 Å². The Kier molecular flexibility index (Phi) is 6.13. The maximum atomic E-state index is 12.7. The second-order valence-electron chi connectivity index (χ2n) is 8.41. The van der Waals surface area contributed by atoms with Crippen LogP contribution in [0.25, 0.3) is 0 Å². The Bertz CT molecular complexity index is 972. The van der Waals surface area contributed by atoms with Gasteiger partial charge in [0.2, 0.25) is 16.9 Å². The summed E-state index contributed by atoms with van der Waals surface area (Å²) in [5, 5.41) is 12.5. The normalized spacial score (nSPS) is 19.6. The number of nitrogens with zero attached hydrogens (tertiary/aromatic N) is 3. The minimum atomic E-state index is -0.588. The Balaban J connectivity index is 1.42. The number of rotatable bonds is 8. The molecule has 2 amide bonds. The lowest BCUT2D eigenvalue weighted by atomic mass is 9.98. The first-order chi connectivity index (χ1) is 14.9. The predicted octanol–water partition coefficient (Wildman–Crippen LogP) is 3.55. The molecule has 0 bridgehead atoms. The van der Waals surface area contributed by atoms with Gasteiger partial charge in [0, 0.05) is 24.8 Å². The van der Waals surface area contributed by atoms with Crippen molar-refractivity contribution in [3.8, 4) is 11.5 Å². The molecule has 1 aliphatic heterocycles. The van der Waals surface area contributed by atoms with Crippen molar-refractivity contribution in [3.05, 3.63) is 28.8 Å². The fourth-order valence-electron chi connectivity index (χ4n) is 3.75. The molecule has 9 heteroatoms. The summed E-state index contributed by atoms with van der Waals surface area (Å²) in [7, 11) is 1.61. The van der Waals surface area contributed by atoms with E-state index >= 15 is 0 Å². The monoisotopic (exact) mass is 444 g/mol. The van der Waals surface area contributed by atoms with Crippen LogP contribution in [-0.4, -0.2) is 52.7 Å². The number of hydrogen-bond acceptors (Lipinski definition) is 7. The molecule has 1 N–H and O–H groups in total. The van der Waals surface area contributed by atoms with Crippen LogP contribution in [0.3, 0.4) is 0 Å². The Morgan fingerprint density at radius 3 is 2.65 bits per heavy atom. The molecule has 2 unspecified atom stereocenters. The van der Waals surface area contributed by atoms with E-state index in [9.17, 15) is 9.59 Å². The summed E-state index contributed by atoms with van der Waals surface area (Å²) in [4.78, 5) is 27.1. The van der Waals surface area contributed by atoms with Crippen LogP contribution in [0.5, 0.6) is 11.5 Å². The molecular weight excluding hydrogens is 416 g/mol. The van der Waals surface area contributed by atoms with E-state index in [1.807, 2.05) is 32.0 Å². The van der Waals surface area contributed by atoms with Crippen molar-refractivity contribution in [3.63, 3.8) is 0 Å². The van der Waals surface area contributed by atoms with E-state index in [-0.39, 0.29) is 23.8 Å². The van der Waals surface area contributed by atoms with Crippen LogP contribution < -0.4 is 14.8 Å². The number of nitrogens with one attached hydrogen (secondary N) is 1. The second kappa shape index (κ2) is 8.82. The number of anilines is 1. The van der Waals surface area contributed by atoms with E-state index < -0.39 is 6.04 Å². The van der Waals surface area contributed by atoms with E-state index in [4.69, 9.17) is 9.47 Å². The van der Waals surface area contributed by atoms with E-state index in [2.05, 4.69) is 15.5 Å². The number of hydrogen-bond donors (Lipinski definition) is 1. The number of carbonyl (C=O) groups is 2. The zero-order chi connectivity index (χ0) is 22.1. The smallest absolute Gasteiger partial charge is 0.248 e. The molecule has 4 rings (SSSR count). The third-order valence-corrected chi connectivity index (χ3v) is 6.63. The van der Waals surface area contributed by atoms with Crippen LogP contribution in [0.4, 0.5) is 5.13 Å². The van der Waals surface area contributed by atoms with E-state index in [0.717, 1.165) is 23.4 Å². The first-order valence-electron chi connectivity index (χ1n) is 10.6. The van der Waals surface area contributed by atoms with Crippen molar-refractivity contribution < 1.29 is 19.1 Å². The molecule has 2 fully saturated rings. The minimum absolute atomic E-state index is 0.00818. The summed E-state index contributed by atoms with van der Waals surface area (Å²) >= 11 is 1.42.